The summed E-state index contributed by atoms with van der Waals surface area (Å²) in [6, 6.07) is 23.9. The summed E-state index contributed by atoms with van der Waals surface area (Å²) >= 11 is 3.11. The summed E-state index contributed by atoms with van der Waals surface area (Å²) in [4.78, 5) is 13.7. The van der Waals surface area contributed by atoms with Gasteiger partial charge in [-0.25, -0.2) is 9.18 Å². The number of halogens is 2. The van der Waals surface area contributed by atoms with Crippen molar-refractivity contribution in [2.75, 3.05) is 18.1 Å². The molecule has 9 heteroatoms. The molecule has 0 N–H and O–H groups in total. The zero-order chi connectivity index (χ0) is 23.0. The monoisotopic (exact) mass is 533 g/mol. The number of nitrogens with zero attached hydrogens (tertiary/aromatic N) is 1. The van der Waals surface area contributed by atoms with E-state index >= 15 is 0 Å². The number of hydrogen-bond donors (Lipinski definition) is 0. The van der Waals surface area contributed by atoms with E-state index < -0.39 is 26.6 Å². The molecule has 3 aromatic rings. The van der Waals surface area contributed by atoms with Crippen molar-refractivity contribution in [1.29, 1.82) is 0 Å². The van der Waals surface area contributed by atoms with E-state index in [1.807, 2.05) is 60.7 Å². The van der Waals surface area contributed by atoms with Crippen LogP contribution in [-0.4, -0.2) is 25.3 Å². The van der Waals surface area contributed by atoms with Crippen molar-refractivity contribution in [3.05, 3.63) is 100 Å². The van der Waals surface area contributed by atoms with E-state index in [0.29, 0.717) is 23.4 Å². The Balaban J connectivity index is 1.34. The third kappa shape index (κ3) is 6.82. The predicted molar refractivity (Wildman–Crippen MR) is 127 cm³/mol. The van der Waals surface area contributed by atoms with Gasteiger partial charge in [-0.05, 0) is 45.3 Å². The highest BCUT2D eigenvalue weighted by molar-refractivity contribution is 9.10. The standard InChI is InChI=1S/C24H22BrFNO5P/c25-22-12-11-20(13-23(22)26)27-14-21(32-24(27)28)17-31-33(29-15-18-7-3-1-4-8-18)30-16-19-9-5-2-6-10-19/h1-13,21H,14-17H2. The summed E-state index contributed by atoms with van der Waals surface area (Å²) < 4.78 is 37.3. The summed E-state index contributed by atoms with van der Waals surface area (Å²) in [5, 5.41) is 0. The van der Waals surface area contributed by atoms with Crippen LogP contribution in [0.15, 0.2) is 83.3 Å². The molecule has 0 bridgehead atoms. The molecule has 1 saturated heterocycles. The second-order valence-corrected chi connectivity index (χ2v) is 9.33. The highest BCUT2D eigenvalue weighted by atomic mass is 79.9. The average Bonchev–Trinajstić information content (AvgIpc) is 3.22. The lowest BCUT2D eigenvalue weighted by Crippen LogP contribution is -2.25. The molecular weight excluding hydrogens is 512 g/mol. The Bertz CT molecular complexity index is 1020. The van der Waals surface area contributed by atoms with Gasteiger partial charge in [0.2, 0.25) is 0 Å². The maximum Gasteiger partial charge on any atom is 0.414 e. The minimum Gasteiger partial charge on any atom is -0.441 e. The van der Waals surface area contributed by atoms with Gasteiger partial charge in [-0.15, -0.1) is 0 Å². The van der Waals surface area contributed by atoms with E-state index in [0.717, 1.165) is 11.1 Å². The van der Waals surface area contributed by atoms with Crippen molar-refractivity contribution >= 4 is 36.3 Å². The van der Waals surface area contributed by atoms with Crippen LogP contribution in [0.4, 0.5) is 14.9 Å². The third-order valence-corrected chi connectivity index (χ3v) is 6.50. The maximum absolute atomic E-state index is 13.9. The Labute approximate surface area is 201 Å². The molecule has 1 unspecified atom stereocenters. The van der Waals surface area contributed by atoms with Crippen molar-refractivity contribution in [2.24, 2.45) is 0 Å². The average molecular weight is 534 g/mol. The van der Waals surface area contributed by atoms with E-state index in [2.05, 4.69) is 15.9 Å². The number of benzene rings is 3. The number of rotatable bonds is 10. The topological polar surface area (TPSA) is 57.2 Å². The fourth-order valence-electron chi connectivity index (χ4n) is 3.13. The number of hydrogen-bond acceptors (Lipinski definition) is 5. The summed E-state index contributed by atoms with van der Waals surface area (Å²) in [5.41, 5.74) is 2.41. The molecule has 3 aromatic carbocycles. The molecule has 1 atom stereocenters. The maximum atomic E-state index is 13.9. The Morgan fingerprint density at radius 1 is 0.939 bits per heavy atom. The van der Waals surface area contributed by atoms with Gasteiger partial charge in [0.05, 0.1) is 36.5 Å². The van der Waals surface area contributed by atoms with Crippen molar-refractivity contribution in [2.45, 2.75) is 19.3 Å². The Morgan fingerprint density at radius 3 is 2.12 bits per heavy atom. The zero-order valence-electron chi connectivity index (χ0n) is 17.6. The molecular formula is C24H22BrFNO5P. The molecule has 1 fully saturated rings. The van der Waals surface area contributed by atoms with Crippen LogP contribution in [0.5, 0.6) is 0 Å². The van der Waals surface area contributed by atoms with Gasteiger partial charge < -0.3 is 18.3 Å². The van der Waals surface area contributed by atoms with Crippen molar-refractivity contribution in [1.82, 2.24) is 0 Å². The van der Waals surface area contributed by atoms with E-state index in [1.165, 1.54) is 11.0 Å². The van der Waals surface area contributed by atoms with Crippen LogP contribution in [0, 0.1) is 5.82 Å². The zero-order valence-corrected chi connectivity index (χ0v) is 20.1. The highest BCUT2D eigenvalue weighted by Gasteiger charge is 2.34. The van der Waals surface area contributed by atoms with Gasteiger partial charge >= 0.3 is 14.7 Å². The minimum absolute atomic E-state index is 0.0938. The Kier molecular flexibility index (Phi) is 8.42. The Morgan fingerprint density at radius 2 is 1.55 bits per heavy atom. The lowest BCUT2D eigenvalue weighted by atomic mass is 10.2. The van der Waals surface area contributed by atoms with Crippen LogP contribution in [0.1, 0.15) is 11.1 Å². The number of anilines is 1. The van der Waals surface area contributed by atoms with Crippen LogP contribution in [-0.2, 0) is 31.5 Å². The summed E-state index contributed by atoms with van der Waals surface area (Å²) in [6.07, 6.45) is -1.08. The van der Waals surface area contributed by atoms with Crippen LogP contribution < -0.4 is 4.90 Å². The lowest BCUT2D eigenvalue weighted by molar-refractivity contribution is 0.0818. The molecule has 33 heavy (non-hydrogen) atoms. The molecule has 0 aromatic heterocycles. The first kappa shape index (κ1) is 23.8. The van der Waals surface area contributed by atoms with Gasteiger partial charge in [-0.2, -0.15) is 0 Å². The molecule has 1 heterocycles. The van der Waals surface area contributed by atoms with E-state index in [9.17, 15) is 9.18 Å². The molecule has 1 aliphatic heterocycles. The van der Waals surface area contributed by atoms with E-state index in [1.54, 1.807) is 12.1 Å². The minimum atomic E-state index is -1.69. The van der Waals surface area contributed by atoms with Gasteiger partial charge in [0.1, 0.15) is 11.9 Å². The fraction of sp³-hybridized carbons (Fsp3) is 0.208. The molecule has 1 amide bonds. The van der Waals surface area contributed by atoms with Crippen molar-refractivity contribution < 1.29 is 27.5 Å². The predicted octanol–water partition coefficient (Wildman–Crippen LogP) is 6.59. The normalized spacial score (nSPS) is 15.8. The van der Waals surface area contributed by atoms with Crippen LogP contribution in [0.3, 0.4) is 0 Å². The SMILES string of the molecule is O=C1OC(COP(OCc2ccccc2)OCc2ccccc2)CN1c1ccc(Br)c(F)c1. The summed E-state index contributed by atoms with van der Waals surface area (Å²) in [7, 11) is -1.69. The molecule has 1 aliphatic rings. The second-order valence-electron chi connectivity index (χ2n) is 7.25. The summed E-state index contributed by atoms with van der Waals surface area (Å²) in [6.45, 7) is 0.989. The van der Waals surface area contributed by atoms with Gasteiger partial charge in [0, 0.05) is 0 Å². The smallest absolute Gasteiger partial charge is 0.414 e. The van der Waals surface area contributed by atoms with Crippen molar-refractivity contribution in [3.8, 4) is 0 Å². The lowest BCUT2D eigenvalue weighted by Gasteiger charge is -2.18. The number of carbonyl (C=O) groups excluding carboxylic acids is 1. The second kappa shape index (κ2) is 11.7. The van der Waals surface area contributed by atoms with Crippen LogP contribution >= 0.6 is 24.5 Å². The largest absolute Gasteiger partial charge is 0.441 e. The number of carbonyl (C=O) groups is 1. The number of ether oxygens (including phenoxy) is 1. The molecule has 172 valence electrons. The molecule has 0 saturated carbocycles. The molecule has 4 rings (SSSR count). The van der Waals surface area contributed by atoms with E-state index in [4.69, 9.17) is 18.3 Å². The van der Waals surface area contributed by atoms with Gasteiger partial charge in [0.25, 0.3) is 0 Å². The molecule has 0 spiro atoms. The quantitative estimate of drug-likeness (QED) is 0.275. The van der Waals surface area contributed by atoms with Crippen LogP contribution in [0.25, 0.3) is 0 Å². The number of cyclic esters (lactones) is 1. The van der Waals surface area contributed by atoms with Gasteiger partial charge in [-0.1, -0.05) is 60.7 Å². The first-order chi connectivity index (χ1) is 16.1. The number of amides is 1. The third-order valence-electron chi connectivity index (χ3n) is 4.81. The van der Waals surface area contributed by atoms with Crippen molar-refractivity contribution in [3.63, 3.8) is 0 Å². The van der Waals surface area contributed by atoms with Gasteiger partial charge in [-0.3, -0.25) is 4.90 Å². The molecule has 6 nitrogen and oxygen atoms in total. The Hall–Kier alpha value is -2.35. The summed E-state index contributed by atoms with van der Waals surface area (Å²) in [5.74, 6) is -0.452. The van der Waals surface area contributed by atoms with Gasteiger partial charge in [0.15, 0.2) is 0 Å². The first-order valence-electron chi connectivity index (χ1n) is 10.3. The van der Waals surface area contributed by atoms with E-state index in [-0.39, 0.29) is 13.2 Å². The highest BCUT2D eigenvalue weighted by Crippen LogP contribution is 2.42. The van der Waals surface area contributed by atoms with Crippen LogP contribution in [0.2, 0.25) is 0 Å². The fourth-order valence-corrected chi connectivity index (χ4v) is 4.40. The first-order valence-corrected chi connectivity index (χ1v) is 12.2. The molecule has 0 aliphatic carbocycles. The molecule has 0 radical (unpaired) electrons.